The molecule has 2 amide bonds. The fourth-order valence-electron chi connectivity index (χ4n) is 3.09. The van der Waals surface area contributed by atoms with Crippen molar-refractivity contribution in [2.24, 2.45) is 11.1 Å². The van der Waals surface area contributed by atoms with Crippen LogP contribution in [0.4, 0.5) is 0 Å². The first-order valence-corrected chi connectivity index (χ1v) is 8.24. The Labute approximate surface area is 128 Å². The molecule has 0 unspecified atom stereocenters. The standard InChI is InChI=1S/C16H31N3O2/c1-4-16(5-2,12-17)15(21)18-11-14(20)19(3)13-9-7-6-8-10-13/h13H,4-12,17H2,1-3H3,(H,18,21). The van der Waals surface area contributed by atoms with E-state index in [4.69, 9.17) is 5.73 Å². The SMILES string of the molecule is CCC(CC)(CN)C(=O)NCC(=O)N(C)C1CCCCC1. The summed E-state index contributed by atoms with van der Waals surface area (Å²) in [5, 5.41) is 2.79. The highest BCUT2D eigenvalue weighted by Crippen LogP contribution is 2.25. The van der Waals surface area contributed by atoms with E-state index in [0.29, 0.717) is 25.4 Å². The Hall–Kier alpha value is -1.10. The van der Waals surface area contributed by atoms with E-state index in [-0.39, 0.29) is 18.4 Å². The fourth-order valence-corrected chi connectivity index (χ4v) is 3.09. The number of nitrogens with zero attached hydrogens (tertiary/aromatic N) is 1. The van der Waals surface area contributed by atoms with E-state index in [1.807, 2.05) is 25.8 Å². The van der Waals surface area contributed by atoms with Gasteiger partial charge in [0.2, 0.25) is 11.8 Å². The lowest BCUT2D eigenvalue weighted by Gasteiger charge is -2.32. The molecule has 0 saturated heterocycles. The Morgan fingerprint density at radius 3 is 2.24 bits per heavy atom. The van der Waals surface area contributed by atoms with Crippen LogP contribution >= 0.6 is 0 Å². The van der Waals surface area contributed by atoms with Crippen LogP contribution in [0.3, 0.4) is 0 Å². The molecule has 1 rings (SSSR count). The second-order valence-corrected chi connectivity index (χ2v) is 6.17. The highest BCUT2D eigenvalue weighted by atomic mass is 16.2. The summed E-state index contributed by atoms with van der Waals surface area (Å²) in [6, 6.07) is 0.333. The predicted molar refractivity (Wildman–Crippen MR) is 84.7 cm³/mol. The summed E-state index contributed by atoms with van der Waals surface area (Å²) in [6.45, 7) is 4.32. The number of hydrogen-bond acceptors (Lipinski definition) is 3. The molecule has 0 aromatic heterocycles. The first kappa shape index (κ1) is 18.0. The number of nitrogens with two attached hydrogens (primary N) is 1. The Bertz CT molecular complexity index is 339. The van der Waals surface area contributed by atoms with Gasteiger partial charge < -0.3 is 16.0 Å². The fraction of sp³-hybridized carbons (Fsp3) is 0.875. The Kier molecular flexibility index (Phi) is 7.15. The van der Waals surface area contributed by atoms with Crippen LogP contribution in [0.1, 0.15) is 58.8 Å². The van der Waals surface area contributed by atoms with Crippen LogP contribution < -0.4 is 11.1 Å². The monoisotopic (exact) mass is 297 g/mol. The summed E-state index contributed by atoms with van der Waals surface area (Å²) >= 11 is 0. The highest BCUT2D eigenvalue weighted by Gasteiger charge is 2.33. The molecule has 1 fully saturated rings. The molecule has 21 heavy (non-hydrogen) atoms. The molecule has 5 heteroatoms. The minimum absolute atomic E-state index is 0.00613. The summed E-state index contributed by atoms with van der Waals surface area (Å²) in [5.74, 6) is -0.103. The van der Waals surface area contributed by atoms with E-state index in [0.717, 1.165) is 12.8 Å². The number of amides is 2. The van der Waals surface area contributed by atoms with Crippen LogP contribution in [-0.4, -0.2) is 42.9 Å². The van der Waals surface area contributed by atoms with E-state index in [1.54, 1.807) is 0 Å². The van der Waals surface area contributed by atoms with Crippen LogP contribution in [0.25, 0.3) is 0 Å². The highest BCUT2D eigenvalue weighted by molar-refractivity contribution is 5.88. The van der Waals surface area contributed by atoms with Crippen molar-refractivity contribution < 1.29 is 9.59 Å². The summed E-state index contributed by atoms with van der Waals surface area (Å²) in [4.78, 5) is 26.3. The number of carbonyl (C=O) groups is 2. The molecule has 0 bridgehead atoms. The maximum absolute atomic E-state index is 12.3. The molecular weight excluding hydrogens is 266 g/mol. The number of likely N-dealkylation sites (N-methyl/N-ethyl adjacent to an activating group) is 1. The number of carbonyl (C=O) groups excluding carboxylic acids is 2. The second kappa shape index (κ2) is 8.37. The first-order chi connectivity index (χ1) is 10.0. The van der Waals surface area contributed by atoms with Crippen LogP contribution in [0.5, 0.6) is 0 Å². The van der Waals surface area contributed by atoms with Crippen molar-refractivity contribution in [3.63, 3.8) is 0 Å². The van der Waals surface area contributed by atoms with Crippen molar-refractivity contribution >= 4 is 11.8 Å². The van der Waals surface area contributed by atoms with E-state index < -0.39 is 5.41 Å². The molecule has 5 nitrogen and oxygen atoms in total. The van der Waals surface area contributed by atoms with Gasteiger partial charge in [0.25, 0.3) is 0 Å². The zero-order valence-electron chi connectivity index (χ0n) is 13.8. The number of nitrogens with one attached hydrogen (secondary N) is 1. The molecule has 0 spiro atoms. The zero-order chi connectivity index (χ0) is 15.9. The third-order valence-corrected chi connectivity index (χ3v) is 5.14. The molecule has 0 atom stereocenters. The van der Waals surface area contributed by atoms with Gasteiger partial charge in [0.15, 0.2) is 0 Å². The van der Waals surface area contributed by atoms with Crippen molar-refractivity contribution in [2.75, 3.05) is 20.1 Å². The number of hydrogen-bond donors (Lipinski definition) is 2. The lowest BCUT2D eigenvalue weighted by Crippen LogP contribution is -2.49. The third kappa shape index (κ3) is 4.43. The van der Waals surface area contributed by atoms with Gasteiger partial charge in [-0.05, 0) is 25.7 Å². The molecule has 0 radical (unpaired) electrons. The van der Waals surface area contributed by atoms with E-state index in [9.17, 15) is 9.59 Å². The summed E-state index contributed by atoms with van der Waals surface area (Å²) in [7, 11) is 1.85. The zero-order valence-corrected chi connectivity index (χ0v) is 13.8. The molecule has 0 aliphatic heterocycles. The van der Waals surface area contributed by atoms with E-state index in [1.165, 1.54) is 19.3 Å². The number of rotatable bonds is 7. The van der Waals surface area contributed by atoms with Gasteiger partial charge in [0.05, 0.1) is 12.0 Å². The van der Waals surface area contributed by atoms with Gasteiger partial charge in [-0.3, -0.25) is 9.59 Å². The van der Waals surface area contributed by atoms with Crippen LogP contribution in [0.15, 0.2) is 0 Å². The molecule has 1 aliphatic rings. The van der Waals surface area contributed by atoms with Crippen molar-refractivity contribution in [3.05, 3.63) is 0 Å². The topological polar surface area (TPSA) is 75.4 Å². The van der Waals surface area contributed by atoms with Crippen molar-refractivity contribution in [2.45, 2.75) is 64.8 Å². The van der Waals surface area contributed by atoms with Crippen molar-refractivity contribution in [1.29, 1.82) is 0 Å². The molecule has 3 N–H and O–H groups in total. The largest absolute Gasteiger partial charge is 0.347 e. The molecule has 122 valence electrons. The summed E-state index contributed by atoms with van der Waals surface area (Å²) in [6.07, 6.45) is 7.19. The Balaban J connectivity index is 2.49. The van der Waals surface area contributed by atoms with E-state index in [2.05, 4.69) is 5.32 Å². The summed E-state index contributed by atoms with van der Waals surface area (Å²) in [5.41, 5.74) is 5.22. The van der Waals surface area contributed by atoms with Gasteiger partial charge in [-0.15, -0.1) is 0 Å². The van der Waals surface area contributed by atoms with Gasteiger partial charge in [0.1, 0.15) is 0 Å². The Morgan fingerprint density at radius 1 is 1.19 bits per heavy atom. The van der Waals surface area contributed by atoms with Crippen LogP contribution in [0.2, 0.25) is 0 Å². The minimum Gasteiger partial charge on any atom is -0.347 e. The van der Waals surface area contributed by atoms with Crippen molar-refractivity contribution in [3.8, 4) is 0 Å². The third-order valence-electron chi connectivity index (χ3n) is 5.14. The molecule has 0 aromatic carbocycles. The van der Waals surface area contributed by atoms with E-state index >= 15 is 0 Å². The molecular formula is C16H31N3O2. The lowest BCUT2D eigenvalue weighted by molar-refractivity contribution is -0.137. The van der Waals surface area contributed by atoms with Gasteiger partial charge in [-0.1, -0.05) is 33.1 Å². The first-order valence-electron chi connectivity index (χ1n) is 8.24. The maximum Gasteiger partial charge on any atom is 0.241 e. The molecule has 1 saturated carbocycles. The van der Waals surface area contributed by atoms with Crippen LogP contribution in [0, 0.1) is 5.41 Å². The van der Waals surface area contributed by atoms with Crippen molar-refractivity contribution in [1.82, 2.24) is 10.2 Å². The second-order valence-electron chi connectivity index (χ2n) is 6.17. The van der Waals surface area contributed by atoms with Crippen LogP contribution in [-0.2, 0) is 9.59 Å². The van der Waals surface area contributed by atoms with Gasteiger partial charge in [-0.2, -0.15) is 0 Å². The molecule has 0 heterocycles. The summed E-state index contributed by atoms with van der Waals surface area (Å²) < 4.78 is 0. The predicted octanol–water partition coefficient (Wildman–Crippen LogP) is 1.66. The smallest absolute Gasteiger partial charge is 0.241 e. The van der Waals surface area contributed by atoms with Gasteiger partial charge in [0, 0.05) is 19.6 Å². The molecule has 0 aromatic rings. The normalized spacial score (nSPS) is 16.6. The quantitative estimate of drug-likeness (QED) is 0.750. The van der Waals surface area contributed by atoms with Gasteiger partial charge in [-0.25, -0.2) is 0 Å². The average molecular weight is 297 g/mol. The Morgan fingerprint density at radius 2 is 1.76 bits per heavy atom. The minimum atomic E-state index is -0.538. The van der Waals surface area contributed by atoms with Gasteiger partial charge >= 0.3 is 0 Å². The lowest BCUT2D eigenvalue weighted by atomic mass is 9.81. The molecule has 1 aliphatic carbocycles. The maximum atomic E-state index is 12.3. The average Bonchev–Trinajstić information content (AvgIpc) is 2.54.